The SMILES string of the molecule is CCOC(=O)c1sc(Nc2nc3c(c(NCc4ccc(S(N)(=O)=O)cc4)n2)CN(Cc2ccccc2)CC3)nc1C. The summed E-state index contributed by atoms with van der Waals surface area (Å²) >= 11 is 1.20. The van der Waals surface area contributed by atoms with Crippen molar-refractivity contribution in [1.82, 2.24) is 19.9 Å². The quantitative estimate of drug-likeness (QED) is 0.230. The summed E-state index contributed by atoms with van der Waals surface area (Å²) in [5.41, 5.74) is 4.60. The molecule has 0 bridgehead atoms. The molecule has 0 saturated heterocycles. The number of benzene rings is 2. The number of esters is 1. The largest absolute Gasteiger partial charge is 0.462 e. The lowest BCUT2D eigenvalue weighted by atomic mass is 10.0. The number of hydrogen-bond donors (Lipinski definition) is 3. The standard InChI is InChI=1S/C28H31N7O4S2/c1-3-39-26(36)24-18(2)31-28(40-24)34-27-32-23-13-14-35(16-20-7-5-4-6-8-20)17-22(23)25(33-27)30-15-19-9-11-21(12-10-19)41(29,37)38/h4-12H,3,13-17H2,1-2H3,(H2,29,37,38)(H2,30,31,32,33,34). The van der Waals surface area contributed by atoms with Crippen molar-refractivity contribution >= 4 is 44.2 Å². The van der Waals surface area contributed by atoms with Gasteiger partial charge in [0.05, 0.1) is 22.9 Å². The van der Waals surface area contributed by atoms with Crippen molar-refractivity contribution in [3.05, 3.63) is 87.6 Å². The number of sulfonamides is 1. The van der Waals surface area contributed by atoms with Gasteiger partial charge in [0.2, 0.25) is 16.0 Å². The van der Waals surface area contributed by atoms with Gasteiger partial charge in [-0.05, 0) is 37.1 Å². The summed E-state index contributed by atoms with van der Waals surface area (Å²) in [6.45, 7) is 6.54. The number of aryl methyl sites for hydroxylation is 1. The van der Waals surface area contributed by atoms with E-state index >= 15 is 0 Å². The molecule has 11 nitrogen and oxygen atoms in total. The first-order valence-corrected chi connectivity index (χ1v) is 15.5. The van der Waals surface area contributed by atoms with Gasteiger partial charge in [-0.1, -0.05) is 53.8 Å². The second kappa shape index (κ2) is 12.3. The highest BCUT2D eigenvalue weighted by Crippen LogP contribution is 2.30. The topological polar surface area (TPSA) is 152 Å². The van der Waals surface area contributed by atoms with Gasteiger partial charge < -0.3 is 10.1 Å². The van der Waals surface area contributed by atoms with Gasteiger partial charge in [-0.15, -0.1) is 0 Å². The maximum Gasteiger partial charge on any atom is 0.350 e. The van der Waals surface area contributed by atoms with Gasteiger partial charge in [-0.25, -0.2) is 28.3 Å². The van der Waals surface area contributed by atoms with E-state index in [-0.39, 0.29) is 11.5 Å². The highest BCUT2D eigenvalue weighted by Gasteiger charge is 2.24. The minimum absolute atomic E-state index is 0.0598. The Morgan fingerprint density at radius 1 is 1.07 bits per heavy atom. The van der Waals surface area contributed by atoms with Gasteiger partial charge in [0.15, 0.2) is 5.13 Å². The fraction of sp³-hybridized carbons (Fsp3) is 0.286. The lowest BCUT2D eigenvalue weighted by Gasteiger charge is -2.29. The summed E-state index contributed by atoms with van der Waals surface area (Å²) in [5.74, 6) is 0.636. The molecule has 0 spiro atoms. The zero-order valence-corrected chi connectivity index (χ0v) is 24.4. The zero-order chi connectivity index (χ0) is 29.0. The van der Waals surface area contributed by atoms with Crippen molar-refractivity contribution in [1.29, 1.82) is 0 Å². The van der Waals surface area contributed by atoms with Crippen LogP contribution in [0.1, 0.15) is 44.7 Å². The predicted molar refractivity (Wildman–Crippen MR) is 158 cm³/mol. The molecular formula is C28H31N7O4S2. The monoisotopic (exact) mass is 593 g/mol. The number of primary sulfonamides is 1. The first kappa shape index (κ1) is 28.6. The fourth-order valence-corrected chi connectivity index (χ4v) is 5.93. The van der Waals surface area contributed by atoms with E-state index in [2.05, 4.69) is 32.7 Å². The molecule has 0 amide bonds. The number of carbonyl (C=O) groups excluding carboxylic acids is 1. The number of nitrogens with two attached hydrogens (primary N) is 1. The minimum atomic E-state index is -3.77. The Morgan fingerprint density at radius 2 is 1.83 bits per heavy atom. The molecule has 4 aromatic rings. The fourth-order valence-electron chi connectivity index (χ4n) is 4.56. The second-order valence-electron chi connectivity index (χ2n) is 9.59. The van der Waals surface area contributed by atoms with Gasteiger partial charge >= 0.3 is 5.97 Å². The molecule has 0 atom stereocenters. The molecule has 0 aliphatic carbocycles. The molecule has 1 aliphatic heterocycles. The Labute approximate surface area is 242 Å². The minimum Gasteiger partial charge on any atom is -0.462 e. The lowest BCUT2D eigenvalue weighted by molar-refractivity contribution is 0.0531. The van der Waals surface area contributed by atoms with Crippen LogP contribution in [0.25, 0.3) is 0 Å². The molecule has 2 aromatic heterocycles. The van der Waals surface area contributed by atoms with Crippen LogP contribution in [0.15, 0.2) is 59.5 Å². The third-order valence-electron chi connectivity index (χ3n) is 6.58. The molecule has 214 valence electrons. The van der Waals surface area contributed by atoms with Crippen LogP contribution < -0.4 is 15.8 Å². The maximum atomic E-state index is 12.3. The van der Waals surface area contributed by atoms with E-state index in [1.165, 1.54) is 29.0 Å². The average molecular weight is 594 g/mol. The van der Waals surface area contributed by atoms with Crippen LogP contribution in [0.5, 0.6) is 0 Å². The Balaban J connectivity index is 1.40. The molecule has 1 aliphatic rings. The number of thiazole rings is 1. The van der Waals surface area contributed by atoms with Crippen molar-refractivity contribution in [3.8, 4) is 0 Å². The third-order valence-corrected chi connectivity index (χ3v) is 8.56. The predicted octanol–water partition coefficient (Wildman–Crippen LogP) is 3.98. The third kappa shape index (κ3) is 7.06. The van der Waals surface area contributed by atoms with Gasteiger partial charge in [0, 0.05) is 38.2 Å². The number of ether oxygens (including phenoxy) is 1. The molecule has 3 heterocycles. The van der Waals surface area contributed by atoms with Crippen molar-refractivity contribution in [2.24, 2.45) is 5.14 Å². The Bertz CT molecular complexity index is 1640. The first-order chi connectivity index (χ1) is 19.7. The summed E-state index contributed by atoms with van der Waals surface area (Å²) in [6, 6.07) is 16.7. The van der Waals surface area contributed by atoms with E-state index in [0.29, 0.717) is 40.6 Å². The van der Waals surface area contributed by atoms with E-state index in [0.717, 1.165) is 36.3 Å². The van der Waals surface area contributed by atoms with Crippen LogP contribution in [0.2, 0.25) is 0 Å². The number of aromatic nitrogens is 3. The van der Waals surface area contributed by atoms with Crippen LogP contribution in [0.4, 0.5) is 16.9 Å². The summed E-state index contributed by atoms with van der Waals surface area (Å²) in [6.07, 6.45) is 0.738. The Kier molecular flexibility index (Phi) is 8.59. The second-order valence-corrected chi connectivity index (χ2v) is 12.1. The molecule has 5 rings (SSSR count). The van der Waals surface area contributed by atoms with E-state index < -0.39 is 16.0 Å². The van der Waals surface area contributed by atoms with E-state index in [4.69, 9.17) is 19.8 Å². The highest BCUT2D eigenvalue weighted by atomic mass is 32.2. The smallest absolute Gasteiger partial charge is 0.350 e. The number of fused-ring (bicyclic) bond motifs is 1. The molecule has 0 unspecified atom stereocenters. The van der Waals surface area contributed by atoms with Crippen molar-refractivity contribution in [3.63, 3.8) is 0 Å². The molecule has 0 radical (unpaired) electrons. The Morgan fingerprint density at radius 3 is 2.54 bits per heavy atom. The van der Waals surface area contributed by atoms with Gasteiger partial charge in [0.1, 0.15) is 10.7 Å². The summed E-state index contributed by atoms with van der Waals surface area (Å²) in [4.78, 5) is 29.2. The van der Waals surface area contributed by atoms with Crippen LogP contribution in [-0.4, -0.2) is 47.4 Å². The summed E-state index contributed by atoms with van der Waals surface area (Å²) < 4.78 is 28.4. The number of carbonyl (C=O) groups is 1. The first-order valence-electron chi connectivity index (χ1n) is 13.1. The summed E-state index contributed by atoms with van der Waals surface area (Å²) in [5, 5.41) is 12.3. The van der Waals surface area contributed by atoms with E-state index in [1.807, 2.05) is 18.2 Å². The van der Waals surface area contributed by atoms with Crippen molar-refractivity contribution in [2.45, 2.75) is 44.8 Å². The molecular weight excluding hydrogens is 562 g/mol. The van der Waals surface area contributed by atoms with Crippen molar-refractivity contribution < 1.29 is 17.9 Å². The zero-order valence-electron chi connectivity index (χ0n) is 22.8. The molecule has 4 N–H and O–H groups in total. The number of anilines is 3. The van der Waals surface area contributed by atoms with Crippen LogP contribution >= 0.6 is 11.3 Å². The number of hydrogen-bond acceptors (Lipinski definition) is 11. The lowest BCUT2D eigenvalue weighted by Crippen LogP contribution is -2.32. The van der Waals surface area contributed by atoms with Gasteiger partial charge in [0.25, 0.3) is 0 Å². The van der Waals surface area contributed by atoms with E-state index in [9.17, 15) is 13.2 Å². The number of nitrogens with zero attached hydrogens (tertiary/aromatic N) is 4. The molecule has 13 heteroatoms. The van der Waals surface area contributed by atoms with Gasteiger partial charge in [-0.3, -0.25) is 10.2 Å². The van der Waals surface area contributed by atoms with Crippen LogP contribution in [0.3, 0.4) is 0 Å². The average Bonchev–Trinajstić information content (AvgIpc) is 3.32. The molecule has 2 aromatic carbocycles. The highest BCUT2D eigenvalue weighted by molar-refractivity contribution is 7.89. The normalized spacial score (nSPS) is 13.4. The maximum absolute atomic E-state index is 12.3. The van der Waals surface area contributed by atoms with Crippen molar-refractivity contribution in [2.75, 3.05) is 23.8 Å². The number of rotatable bonds is 10. The number of nitrogens with one attached hydrogen (secondary N) is 2. The van der Waals surface area contributed by atoms with Gasteiger partial charge in [-0.2, -0.15) is 4.98 Å². The Hall–Kier alpha value is -3.91. The summed E-state index contributed by atoms with van der Waals surface area (Å²) in [7, 11) is -3.77. The van der Waals surface area contributed by atoms with Crippen LogP contribution in [0, 0.1) is 6.92 Å². The molecule has 0 saturated carbocycles. The molecule has 41 heavy (non-hydrogen) atoms. The van der Waals surface area contributed by atoms with Crippen LogP contribution in [-0.2, 0) is 40.8 Å². The molecule has 0 fully saturated rings. The van der Waals surface area contributed by atoms with E-state index in [1.54, 1.807) is 26.0 Å².